The summed E-state index contributed by atoms with van der Waals surface area (Å²) in [6.45, 7) is 6.07. The summed E-state index contributed by atoms with van der Waals surface area (Å²) in [5.41, 5.74) is 2.64. The molecule has 0 radical (unpaired) electrons. The Morgan fingerprint density at radius 2 is 2.00 bits per heavy atom. The van der Waals surface area contributed by atoms with Gasteiger partial charge in [0.25, 0.3) is 5.69 Å². The van der Waals surface area contributed by atoms with E-state index in [1.165, 1.54) is 6.07 Å². The Labute approximate surface area is 145 Å². The summed E-state index contributed by atoms with van der Waals surface area (Å²) in [5, 5.41) is 11.4. The molecule has 2 heterocycles. The second-order valence-corrected chi connectivity index (χ2v) is 6.34. The molecular weight excluding hydrogens is 328 g/mol. The maximum Gasteiger partial charge on any atom is 0.273 e. The first-order valence-corrected chi connectivity index (χ1v) is 8.24. The fourth-order valence-corrected chi connectivity index (χ4v) is 3.24. The summed E-state index contributed by atoms with van der Waals surface area (Å²) in [6.07, 6.45) is 1.81. The number of nitro benzene ring substituents is 1. The lowest BCUT2D eigenvalue weighted by atomic mass is 10.1. The summed E-state index contributed by atoms with van der Waals surface area (Å²) in [4.78, 5) is 19.5. The minimum Gasteiger partial charge on any atom is -0.368 e. The van der Waals surface area contributed by atoms with Crippen LogP contribution in [-0.4, -0.2) is 41.0 Å². The average Bonchev–Trinajstić information content (AvgIpc) is 2.58. The molecule has 6 nitrogen and oxygen atoms in total. The third kappa shape index (κ3) is 3.66. The van der Waals surface area contributed by atoms with Gasteiger partial charge in [0.15, 0.2) is 0 Å². The lowest BCUT2D eigenvalue weighted by Crippen LogP contribution is -2.46. The van der Waals surface area contributed by atoms with E-state index < -0.39 is 4.92 Å². The summed E-state index contributed by atoms with van der Waals surface area (Å²) in [7, 11) is 0. The molecule has 1 fully saturated rings. The van der Waals surface area contributed by atoms with E-state index in [9.17, 15) is 10.1 Å². The number of nitro groups is 1. The topological polar surface area (TPSA) is 62.5 Å². The van der Waals surface area contributed by atoms with Crippen molar-refractivity contribution < 1.29 is 4.92 Å². The number of hydrogen-bond donors (Lipinski definition) is 0. The average molecular weight is 347 g/mol. The molecule has 24 heavy (non-hydrogen) atoms. The predicted octanol–water partition coefficient (Wildman–Crippen LogP) is 3.27. The van der Waals surface area contributed by atoms with Crippen LogP contribution in [0.4, 0.5) is 11.4 Å². The standard InChI is InChI=1S/C17H19ClN4O2/c1-13-10-17(15(18)11-16(13)22(23)24)21-8-6-20(7-9-21)12-14-4-2-3-5-19-14/h2-5,10-11H,6-9,12H2,1H3. The second-order valence-electron chi connectivity index (χ2n) is 5.93. The van der Waals surface area contributed by atoms with Crippen LogP contribution in [0.3, 0.4) is 0 Å². The molecule has 1 saturated heterocycles. The quantitative estimate of drug-likeness (QED) is 0.628. The first-order chi connectivity index (χ1) is 11.5. The first-order valence-electron chi connectivity index (χ1n) is 7.86. The Bertz CT molecular complexity index is 731. The molecule has 7 heteroatoms. The van der Waals surface area contributed by atoms with Crippen molar-refractivity contribution >= 4 is 23.0 Å². The van der Waals surface area contributed by atoms with Gasteiger partial charge in [0.05, 0.1) is 21.3 Å². The van der Waals surface area contributed by atoms with Gasteiger partial charge < -0.3 is 4.90 Å². The van der Waals surface area contributed by atoms with E-state index in [2.05, 4.69) is 14.8 Å². The van der Waals surface area contributed by atoms with Gasteiger partial charge in [0.2, 0.25) is 0 Å². The summed E-state index contributed by atoms with van der Waals surface area (Å²) < 4.78 is 0. The van der Waals surface area contributed by atoms with Crippen LogP contribution < -0.4 is 4.90 Å². The highest BCUT2D eigenvalue weighted by molar-refractivity contribution is 6.33. The fourth-order valence-electron chi connectivity index (χ4n) is 2.96. The smallest absolute Gasteiger partial charge is 0.273 e. The molecule has 0 unspecified atom stereocenters. The molecule has 0 spiro atoms. The van der Waals surface area contributed by atoms with E-state index in [4.69, 9.17) is 11.6 Å². The number of anilines is 1. The van der Waals surface area contributed by atoms with Gasteiger partial charge in [-0.25, -0.2) is 0 Å². The monoisotopic (exact) mass is 346 g/mol. The molecular formula is C17H19ClN4O2. The second kappa shape index (κ2) is 7.15. The molecule has 0 aliphatic carbocycles. The number of hydrogen-bond acceptors (Lipinski definition) is 5. The number of pyridine rings is 1. The molecule has 0 atom stereocenters. The number of piperazine rings is 1. The van der Waals surface area contributed by atoms with Crippen molar-refractivity contribution in [3.63, 3.8) is 0 Å². The molecule has 0 amide bonds. The highest BCUT2D eigenvalue weighted by Crippen LogP contribution is 2.33. The van der Waals surface area contributed by atoms with E-state index in [0.717, 1.165) is 44.1 Å². The van der Waals surface area contributed by atoms with Crippen LogP contribution in [0.15, 0.2) is 36.5 Å². The number of rotatable bonds is 4. The third-order valence-electron chi connectivity index (χ3n) is 4.29. The molecule has 0 N–H and O–H groups in total. The molecule has 1 aliphatic heterocycles. The van der Waals surface area contributed by atoms with Crippen LogP contribution in [0.5, 0.6) is 0 Å². The van der Waals surface area contributed by atoms with Gasteiger partial charge in [-0.1, -0.05) is 17.7 Å². The van der Waals surface area contributed by atoms with Crippen molar-refractivity contribution in [2.75, 3.05) is 31.1 Å². The van der Waals surface area contributed by atoms with Crippen molar-refractivity contribution in [1.29, 1.82) is 0 Å². The van der Waals surface area contributed by atoms with Crippen molar-refractivity contribution in [3.8, 4) is 0 Å². The van der Waals surface area contributed by atoms with Gasteiger partial charge in [-0.2, -0.15) is 0 Å². The number of aryl methyl sites for hydroxylation is 1. The van der Waals surface area contributed by atoms with Crippen molar-refractivity contribution in [3.05, 3.63) is 62.9 Å². The van der Waals surface area contributed by atoms with E-state index in [1.807, 2.05) is 30.5 Å². The first kappa shape index (κ1) is 16.7. The normalized spacial score (nSPS) is 15.5. The zero-order valence-corrected chi connectivity index (χ0v) is 14.2. The summed E-state index contributed by atoms with van der Waals surface area (Å²) >= 11 is 6.28. The number of benzene rings is 1. The SMILES string of the molecule is Cc1cc(N2CCN(Cc3ccccn3)CC2)c(Cl)cc1[N+](=O)[O-]. The maximum absolute atomic E-state index is 11.0. The van der Waals surface area contributed by atoms with Crippen LogP contribution in [0.1, 0.15) is 11.3 Å². The van der Waals surface area contributed by atoms with E-state index in [1.54, 1.807) is 6.92 Å². The van der Waals surface area contributed by atoms with E-state index in [0.29, 0.717) is 10.6 Å². The Balaban J connectivity index is 1.66. The van der Waals surface area contributed by atoms with Crippen molar-refractivity contribution in [1.82, 2.24) is 9.88 Å². The molecule has 1 aromatic heterocycles. The van der Waals surface area contributed by atoms with Gasteiger partial charge in [-0.05, 0) is 25.1 Å². The van der Waals surface area contributed by atoms with Crippen LogP contribution in [0, 0.1) is 17.0 Å². The van der Waals surface area contributed by atoms with E-state index in [-0.39, 0.29) is 5.69 Å². The Morgan fingerprint density at radius 1 is 1.25 bits per heavy atom. The molecule has 1 aromatic carbocycles. The maximum atomic E-state index is 11.0. The minimum absolute atomic E-state index is 0.0672. The largest absolute Gasteiger partial charge is 0.368 e. The lowest BCUT2D eigenvalue weighted by Gasteiger charge is -2.36. The van der Waals surface area contributed by atoms with Crippen LogP contribution in [0.25, 0.3) is 0 Å². The Kier molecular flexibility index (Phi) is 4.97. The minimum atomic E-state index is -0.393. The van der Waals surface area contributed by atoms with Crippen LogP contribution in [-0.2, 0) is 6.54 Å². The molecule has 126 valence electrons. The predicted molar refractivity (Wildman–Crippen MR) is 94.6 cm³/mol. The van der Waals surface area contributed by atoms with Gasteiger partial charge in [0.1, 0.15) is 0 Å². The fraction of sp³-hybridized carbons (Fsp3) is 0.353. The number of halogens is 1. The van der Waals surface area contributed by atoms with Gasteiger partial charge in [0, 0.05) is 50.6 Å². The number of aromatic nitrogens is 1. The summed E-state index contributed by atoms with van der Waals surface area (Å²) in [5.74, 6) is 0. The molecule has 2 aromatic rings. The van der Waals surface area contributed by atoms with Gasteiger partial charge >= 0.3 is 0 Å². The molecule has 3 rings (SSSR count). The third-order valence-corrected chi connectivity index (χ3v) is 4.59. The van der Waals surface area contributed by atoms with Gasteiger partial charge in [-0.3, -0.25) is 20.0 Å². The highest BCUT2D eigenvalue weighted by atomic mass is 35.5. The van der Waals surface area contributed by atoms with Crippen LogP contribution in [0.2, 0.25) is 5.02 Å². The van der Waals surface area contributed by atoms with Crippen molar-refractivity contribution in [2.45, 2.75) is 13.5 Å². The highest BCUT2D eigenvalue weighted by Gasteiger charge is 2.22. The molecule has 0 saturated carbocycles. The molecule has 1 aliphatic rings. The zero-order valence-electron chi connectivity index (χ0n) is 13.5. The number of nitrogens with zero attached hydrogens (tertiary/aromatic N) is 4. The van der Waals surface area contributed by atoms with E-state index >= 15 is 0 Å². The summed E-state index contributed by atoms with van der Waals surface area (Å²) in [6, 6.07) is 9.21. The van der Waals surface area contributed by atoms with Crippen molar-refractivity contribution in [2.24, 2.45) is 0 Å². The van der Waals surface area contributed by atoms with Crippen LogP contribution >= 0.6 is 11.6 Å². The zero-order chi connectivity index (χ0) is 17.1. The Morgan fingerprint density at radius 3 is 2.62 bits per heavy atom. The molecule has 0 bridgehead atoms. The van der Waals surface area contributed by atoms with Gasteiger partial charge in [-0.15, -0.1) is 0 Å². The Hall–Kier alpha value is -2.18. The lowest BCUT2D eigenvalue weighted by molar-refractivity contribution is -0.385.